The molecule has 0 unspecified atom stereocenters. The number of halogens is 1. The van der Waals surface area contributed by atoms with E-state index in [1.807, 2.05) is 25.1 Å². The second-order valence-corrected chi connectivity index (χ2v) is 7.66. The number of carbonyl (C=O) groups is 2. The Hall–Kier alpha value is -2.99. The van der Waals surface area contributed by atoms with Gasteiger partial charge >= 0.3 is 6.03 Å². The van der Waals surface area contributed by atoms with Gasteiger partial charge in [-0.3, -0.25) is 4.79 Å². The van der Waals surface area contributed by atoms with Crippen molar-refractivity contribution in [2.75, 3.05) is 31.5 Å². The van der Waals surface area contributed by atoms with Crippen molar-refractivity contribution in [2.24, 2.45) is 0 Å². The van der Waals surface area contributed by atoms with Gasteiger partial charge < -0.3 is 19.5 Å². The molecular formula is C22H22ClN3O3. The van der Waals surface area contributed by atoms with Crippen LogP contribution in [0.3, 0.4) is 0 Å². The molecular weight excluding hydrogens is 390 g/mol. The Labute approximate surface area is 174 Å². The molecule has 2 aromatic carbocycles. The first-order valence-corrected chi connectivity index (χ1v) is 9.98. The third-order valence-corrected chi connectivity index (χ3v) is 5.30. The SMILES string of the molecule is Cc1ccc2oc(C(=O)N3CCCN(C(=O)Nc4ccc(Cl)cc4)CC3)cc2c1. The number of fused-ring (bicyclic) bond motifs is 1. The first-order valence-electron chi connectivity index (χ1n) is 9.60. The van der Waals surface area contributed by atoms with Crippen molar-refractivity contribution >= 4 is 40.2 Å². The predicted molar refractivity (Wildman–Crippen MR) is 114 cm³/mol. The van der Waals surface area contributed by atoms with Crippen LogP contribution in [0.25, 0.3) is 11.0 Å². The molecule has 1 aromatic heterocycles. The molecule has 7 heteroatoms. The summed E-state index contributed by atoms with van der Waals surface area (Å²) in [4.78, 5) is 28.9. The van der Waals surface area contributed by atoms with Crippen LogP contribution in [0, 0.1) is 6.92 Å². The molecule has 29 heavy (non-hydrogen) atoms. The highest BCUT2D eigenvalue weighted by molar-refractivity contribution is 6.30. The van der Waals surface area contributed by atoms with Crippen molar-refractivity contribution in [2.45, 2.75) is 13.3 Å². The minimum atomic E-state index is -0.180. The minimum absolute atomic E-state index is 0.140. The lowest BCUT2D eigenvalue weighted by Gasteiger charge is -2.22. The number of furan rings is 1. The van der Waals surface area contributed by atoms with Gasteiger partial charge in [-0.25, -0.2) is 4.79 Å². The fourth-order valence-corrected chi connectivity index (χ4v) is 3.61. The maximum Gasteiger partial charge on any atom is 0.321 e. The summed E-state index contributed by atoms with van der Waals surface area (Å²) in [6.45, 7) is 4.10. The molecule has 150 valence electrons. The Kier molecular flexibility index (Phi) is 5.45. The molecule has 0 bridgehead atoms. The molecule has 0 aliphatic carbocycles. The number of aryl methyl sites for hydroxylation is 1. The number of benzene rings is 2. The maximum absolute atomic E-state index is 12.9. The fourth-order valence-electron chi connectivity index (χ4n) is 3.48. The average Bonchev–Trinajstić information content (AvgIpc) is 2.96. The van der Waals surface area contributed by atoms with Gasteiger partial charge in [0.15, 0.2) is 5.76 Å². The molecule has 6 nitrogen and oxygen atoms in total. The Morgan fingerprint density at radius 3 is 2.48 bits per heavy atom. The van der Waals surface area contributed by atoms with Gasteiger partial charge in [0.1, 0.15) is 5.58 Å². The van der Waals surface area contributed by atoms with E-state index < -0.39 is 0 Å². The first-order chi connectivity index (χ1) is 14.0. The molecule has 0 saturated carbocycles. The van der Waals surface area contributed by atoms with Crippen LogP contribution in [-0.4, -0.2) is 47.9 Å². The average molecular weight is 412 g/mol. The predicted octanol–water partition coefficient (Wildman–Crippen LogP) is 4.77. The quantitative estimate of drug-likeness (QED) is 0.660. The summed E-state index contributed by atoms with van der Waals surface area (Å²) >= 11 is 5.88. The zero-order chi connectivity index (χ0) is 20.4. The molecule has 3 aromatic rings. The van der Waals surface area contributed by atoms with Gasteiger partial charge in [-0.15, -0.1) is 0 Å². The summed E-state index contributed by atoms with van der Waals surface area (Å²) in [5, 5.41) is 4.41. The van der Waals surface area contributed by atoms with Gasteiger partial charge in [0.2, 0.25) is 0 Å². The molecule has 2 heterocycles. The number of nitrogens with zero attached hydrogens (tertiary/aromatic N) is 2. The second-order valence-electron chi connectivity index (χ2n) is 7.22. The van der Waals surface area contributed by atoms with E-state index in [9.17, 15) is 9.59 Å². The van der Waals surface area contributed by atoms with E-state index in [0.717, 1.165) is 10.9 Å². The third kappa shape index (κ3) is 4.38. The lowest BCUT2D eigenvalue weighted by molar-refractivity contribution is 0.0733. The molecule has 3 amide bonds. The molecule has 1 N–H and O–H groups in total. The summed E-state index contributed by atoms with van der Waals surface area (Å²) in [5.41, 5.74) is 2.52. The number of hydrogen-bond donors (Lipinski definition) is 1. The summed E-state index contributed by atoms with van der Waals surface area (Å²) in [6.07, 6.45) is 0.707. The number of anilines is 1. The van der Waals surface area contributed by atoms with Gasteiger partial charge in [-0.2, -0.15) is 0 Å². The number of amides is 3. The molecule has 0 atom stereocenters. The molecule has 1 fully saturated rings. The van der Waals surface area contributed by atoms with Crippen molar-refractivity contribution < 1.29 is 14.0 Å². The first kappa shape index (κ1) is 19.3. The standard InChI is InChI=1S/C22H22ClN3O3/c1-15-3-8-19-16(13-15)14-20(29-19)21(27)25-9-2-10-26(12-11-25)22(28)24-18-6-4-17(23)5-7-18/h3-8,13-14H,2,9-12H2,1H3,(H,24,28). The van der Waals surface area contributed by atoms with E-state index in [1.165, 1.54) is 0 Å². The van der Waals surface area contributed by atoms with Crippen LogP contribution in [0.15, 0.2) is 52.9 Å². The van der Waals surface area contributed by atoms with Crippen LogP contribution in [0.1, 0.15) is 22.5 Å². The van der Waals surface area contributed by atoms with Crippen LogP contribution >= 0.6 is 11.6 Å². The van der Waals surface area contributed by atoms with Crippen molar-refractivity contribution in [1.29, 1.82) is 0 Å². The number of hydrogen-bond acceptors (Lipinski definition) is 3. The van der Waals surface area contributed by atoms with Gasteiger partial charge in [0.25, 0.3) is 5.91 Å². The van der Waals surface area contributed by atoms with Crippen molar-refractivity contribution in [1.82, 2.24) is 9.80 Å². The highest BCUT2D eigenvalue weighted by atomic mass is 35.5. The van der Waals surface area contributed by atoms with Crippen LogP contribution in [-0.2, 0) is 0 Å². The van der Waals surface area contributed by atoms with E-state index >= 15 is 0 Å². The maximum atomic E-state index is 12.9. The zero-order valence-electron chi connectivity index (χ0n) is 16.2. The monoisotopic (exact) mass is 411 g/mol. The molecule has 0 spiro atoms. The van der Waals surface area contributed by atoms with E-state index in [0.29, 0.717) is 54.7 Å². The highest BCUT2D eigenvalue weighted by Gasteiger charge is 2.25. The van der Waals surface area contributed by atoms with Gasteiger partial charge in [-0.05, 0) is 55.8 Å². The van der Waals surface area contributed by atoms with Gasteiger partial charge in [0, 0.05) is 42.3 Å². The Morgan fingerprint density at radius 1 is 0.966 bits per heavy atom. The summed E-state index contributed by atoms with van der Waals surface area (Å²) in [6, 6.07) is 14.4. The number of nitrogens with one attached hydrogen (secondary N) is 1. The van der Waals surface area contributed by atoms with Crippen LogP contribution in [0.2, 0.25) is 5.02 Å². The molecule has 1 saturated heterocycles. The molecule has 1 aliphatic rings. The highest BCUT2D eigenvalue weighted by Crippen LogP contribution is 2.22. The minimum Gasteiger partial charge on any atom is -0.451 e. The molecule has 1 aliphatic heterocycles. The summed E-state index contributed by atoms with van der Waals surface area (Å²) in [7, 11) is 0. The fraction of sp³-hybridized carbons (Fsp3) is 0.273. The van der Waals surface area contributed by atoms with E-state index in [-0.39, 0.29) is 11.9 Å². The van der Waals surface area contributed by atoms with Crippen molar-refractivity contribution in [3.05, 3.63) is 64.9 Å². The zero-order valence-corrected chi connectivity index (χ0v) is 16.9. The largest absolute Gasteiger partial charge is 0.451 e. The topological polar surface area (TPSA) is 65.8 Å². The normalized spacial score (nSPS) is 14.7. The van der Waals surface area contributed by atoms with Gasteiger partial charge in [0.05, 0.1) is 0 Å². The van der Waals surface area contributed by atoms with Crippen LogP contribution < -0.4 is 5.32 Å². The Morgan fingerprint density at radius 2 is 1.69 bits per heavy atom. The molecule has 4 rings (SSSR count). The van der Waals surface area contributed by atoms with Crippen LogP contribution in [0.5, 0.6) is 0 Å². The number of rotatable bonds is 2. The van der Waals surface area contributed by atoms with Crippen LogP contribution in [0.4, 0.5) is 10.5 Å². The summed E-state index contributed by atoms with van der Waals surface area (Å²) < 4.78 is 5.75. The third-order valence-electron chi connectivity index (χ3n) is 5.05. The Balaban J connectivity index is 1.40. The van der Waals surface area contributed by atoms with Crippen molar-refractivity contribution in [3.63, 3.8) is 0 Å². The molecule has 0 radical (unpaired) electrons. The second kappa shape index (κ2) is 8.17. The van der Waals surface area contributed by atoms with E-state index in [1.54, 1.807) is 40.1 Å². The van der Waals surface area contributed by atoms with E-state index in [2.05, 4.69) is 5.32 Å². The Bertz CT molecular complexity index is 1050. The van der Waals surface area contributed by atoms with E-state index in [4.69, 9.17) is 16.0 Å². The summed E-state index contributed by atoms with van der Waals surface area (Å²) in [5.74, 6) is 0.198. The smallest absolute Gasteiger partial charge is 0.321 e. The number of carbonyl (C=O) groups excluding carboxylic acids is 2. The van der Waals surface area contributed by atoms with Gasteiger partial charge in [-0.1, -0.05) is 23.2 Å². The van der Waals surface area contributed by atoms with Crippen molar-refractivity contribution in [3.8, 4) is 0 Å². The lowest BCUT2D eigenvalue weighted by Crippen LogP contribution is -2.39. The number of urea groups is 1. The lowest BCUT2D eigenvalue weighted by atomic mass is 10.2.